The van der Waals surface area contributed by atoms with E-state index in [1.165, 1.54) is 11.8 Å². The van der Waals surface area contributed by atoms with E-state index in [0.29, 0.717) is 17.3 Å². The van der Waals surface area contributed by atoms with Crippen LogP contribution in [-0.2, 0) is 11.3 Å². The molecule has 0 saturated heterocycles. The summed E-state index contributed by atoms with van der Waals surface area (Å²) in [7, 11) is 1.81. The third-order valence-corrected chi connectivity index (χ3v) is 5.85. The van der Waals surface area contributed by atoms with Gasteiger partial charge in [-0.2, -0.15) is 0 Å². The van der Waals surface area contributed by atoms with E-state index >= 15 is 0 Å². The van der Waals surface area contributed by atoms with E-state index in [9.17, 15) is 4.79 Å². The lowest BCUT2D eigenvalue weighted by Gasteiger charge is -2.15. The Morgan fingerprint density at radius 2 is 1.96 bits per heavy atom. The van der Waals surface area contributed by atoms with Gasteiger partial charge in [0.05, 0.1) is 27.5 Å². The van der Waals surface area contributed by atoms with Crippen molar-refractivity contribution < 1.29 is 4.79 Å². The second kappa shape index (κ2) is 7.34. The van der Waals surface area contributed by atoms with Crippen molar-refractivity contribution in [1.29, 1.82) is 0 Å². The molecule has 0 fully saturated rings. The molecule has 3 nitrogen and oxygen atoms in total. The number of aromatic nitrogens is 1. The van der Waals surface area contributed by atoms with Crippen molar-refractivity contribution >= 4 is 50.8 Å². The van der Waals surface area contributed by atoms with E-state index in [0.717, 1.165) is 20.1 Å². The summed E-state index contributed by atoms with van der Waals surface area (Å²) < 4.78 is 1.15. The van der Waals surface area contributed by atoms with Crippen LogP contribution in [-0.4, -0.2) is 28.6 Å². The number of thioether (sulfide) groups is 1. The fourth-order valence-electron chi connectivity index (χ4n) is 2.09. The number of hydrogen-bond donors (Lipinski definition) is 0. The van der Waals surface area contributed by atoms with Crippen molar-refractivity contribution in [3.8, 4) is 0 Å². The topological polar surface area (TPSA) is 33.2 Å². The van der Waals surface area contributed by atoms with Crippen molar-refractivity contribution in [3.63, 3.8) is 0 Å². The Morgan fingerprint density at radius 3 is 2.74 bits per heavy atom. The van der Waals surface area contributed by atoms with Crippen LogP contribution in [0.15, 0.2) is 53.4 Å². The monoisotopic (exact) mass is 362 g/mol. The number of carbonyl (C=O) groups excluding carboxylic acids is 1. The number of thiazole rings is 1. The zero-order valence-corrected chi connectivity index (χ0v) is 14.9. The lowest BCUT2D eigenvalue weighted by Crippen LogP contribution is -2.27. The third-order valence-electron chi connectivity index (χ3n) is 3.32. The number of nitrogens with zero attached hydrogens (tertiary/aromatic N) is 2. The summed E-state index contributed by atoms with van der Waals surface area (Å²) in [6, 6.07) is 15.6. The van der Waals surface area contributed by atoms with Gasteiger partial charge in [0.2, 0.25) is 5.91 Å². The number of benzene rings is 2. The molecule has 6 heteroatoms. The van der Waals surface area contributed by atoms with E-state index in [1.807, 2.05) is 55.6 Å². The van der Waals surface area contributed by atoms with Crippen LogP contribution in [0.1, 0.15) is 5.01 Å². The number of halogens is 1. The van der Waals surface area contributed by atoms with Gasteiger partial charge in [-0.1, -0.05) is 35.9 Å². The summed E-state index contributed by atoms with van der Waals surface area (Å²) in [5.74, 6) is 0.430. The quantitative estimate of drug-likeness (QED) is 0.617. The molecule has 0 saturated carbocycles. The molecule has 118 valence electrons. The maximum absolute atomic E-state index is 12.3. The van der Waals surface area contributed by atoms with Crippen LogP contribution in [0.3, 0.4) is 0 Å². The highest BCUT2D eigenvalue weighted by Crippen LogP contribution is 2.27. The van der Waals surface area contributed by atoms with E-state index in [2.05, 4.69) is 4.98 Å². The standard InChI is InChI=1S/C17H15ClN2OS2/c1-20(10-16-19-13-7-3-5-9-15(13)23-16)17(21)11-22-14-8-4-2-6-12(14)18/h2-9H,10-11H2,1H3. The molecule has 0 aliphatic carbocycles. The molecule has 3 rings (SSSR count). The SMILES string of the molecule is CN(Cc1nc2ccccc2s1)C(=O)CSc1ccccc1Cl. The number of hydrogen-bond acceptors (Lipinski definition) is 4. The molecule has 1 amide bonds. The lowest BCUT2D eigenvalue weighted by atomic mass is 10.3. The van der Waals surface area contributed by atoms with Gasteiger partial charge in [0.25, 0.3) is 0 Å². The van der Waals surface area contributed by atoms with E-state index in [1.54, 1.807) is 16.2 Å². The van der Waals surface area contributed by atoms with Crippen LogP contribution in [0.25, 0.3) is 10.2 Å². The molecule has 0 aliphatic rings. The van der Waals surface area contributed by atoms with Crippen molar-refractivity contribution in [2.45, 2.75) is 11.4 Å². The molecule has 1 heterocycles. The summed E-state index contributed by atoms with van der Waals surface area (Å²) >= 11 is 9.19. The van der Waals surface area contributed by atoms with Crippen LogP contribution >= 0.6 is 34.7 Å². The molecule has 0 unspecified atom stereocenters. The number of carbonyl (C=O) groups is 1. The Hall–Kier alpha value is -1.56. The van der Waals surface area contributed by atoms with Crippen molar-refractivity contribution in [1.82, 2.24) is 9.88 Å². The fraction of sp³-hybridized carbons (Fsp3) is 0.176. The van der Waals surface area contributed by atoms with Crippen molar-refractivity contribution in [2.75, 3.05) is 12.8 Å². The molecule has 0 bridgehead atoms. The first-order chi connectivity index (χ1) is 11.1. The van der Waals surface area contributed by atoms with E-state index in [4.69, 9.17) is 11.6 Å². The second-order valence-corrected chi connectivity index (χ2v) is 7.58. The Bertz CT molecular complexity index is 801. The first-order valence-corrected chi connectivity index (χ1v) is 9.27. The zero-order chi connectivity index (χ0) is 16.2. The molecule has 3 aromatic rings. The maximum Gasteiger partial charge on any atom is 0.233 e. The average molecular weight is 363 g/mol. The smallest absolute Gasteiger partial charge is 0.233 e. The van der Waals surface area contributed by atoms with Gasteiger partial charge < -0.3 is 4.90 Å². The largest absolute Gasteiger partial charge is 0.338 e. The fourth-order valence-corrected chi connectivity index (χ4v) is 4.29. The average Bonchev–Trinajstić information content (AvgIpc) is 2.96. The summed E-state index contributed by atoms with van der Waals surface area (Å²) in [5, 5.41) is 1.63. The van der Waals surface area contributed by atoms with E-state index < -0.39 is 0 Å². The normalized spacial score (nSPS) is 10.9. The van der Waals surface area contributed by atoms with Crippen LogP contribution in [0.2, 0.25) is 5.02 Å². The molecule has 1 aromatic heterocycles. The van der Waals surface area contributed by atoms with Crippen LogP contribution in [0.4, 0.5) is 0 Å². The maximum atomic E-state index is 12.3. The van der Waals surface area contributed by atoms with Gasteiger partial charge in [0.1, 0.15) is 5.01 Å². The highest BCUT2D eigenvalue weighted by Gasteiger charge is 2.13. The Balaban J connectivity index is 1.60. The molecular weight excluding hydrogens is 348 g/mol. The number of amides is 1. The molecule has 0 atom stereocenters. The molecule has 23 heavy (non-hydrogen) atoms. The van der Waals surface area contributed by atoms with Gasteiger partial charge in [-0.15, -0.1) is 23.1 Å². The molecule has 0 aliphatic heterocycles. The highest BCUT2D eigenvalue weighted by molar-refractivity contribution is 8.00. The minimum Gasteiger partial charge on any atom is -0.338 e. The highest BCUT2D eigenvalue weighted by atomic mass is 35.5. The first-order valence-electron chi connectivity index (χ1n) is 7.09. The minimum atomic E-state index is 0.0641. The zero-order valence-electron chi connectivity index (χ0n) is 12.5. The number of fused-ring (bicyclic) bond motifs is 1. The molecule has 0 N–H and O–H groups in total. The van der Waals surface area contributed by atoms with Gasteiger partial charge in [0.15, 0.2) is 0 Å². The first kappa shape index (κ1) is 16.3. The van der Waals surface area contributed by atoms with Crippen molar-refractivity contribution in [2.24, 2.45) is 0 Å². The van der Waals surface area contributed by atoms with Crippen LogP contribution in [0, 0.1) is 0 Å². The molecular formula is C17H15ClN2OS2. The number of para-hydroxylation sites is 1. The predicted octanol–water partition coefficient (Wildman–Crippen LogP) is 4.70. The molecule has 0 radical (unpaired) electrons. The van der Waals surface area contributed by atoms with E-state index in [-0.39, 0.29) is 5.91 Å². The minimum absolute atomic E-state index is 0.0641. The lowest BCUT2D eigenvalue weighted by molar-refractivity contribution is -0.127. The predicted molar refractivity (Wildman–Crippen MR) is 98.3 cm³/mol. The van der Waals surface area contributed by atoms with Gasteiger partial charge >= 0.3 is 0 Å². The van der Waals surface area contributed by atoms with Gasteiger partial charge in [-0.25, -0.2) is 4.98 Å². The van der Waals surface area contributed by atoms with Crippen LogP contribution < -0.4 is 0 Å². The van der Waals surface area contributed by atoms with Gasteiger partial charge in [0, 0.05) is 11.9 Å². The van der Waals surface area contributed by atoms with Crippen molar-refractivity contribution in [3.05, 3.63) is 58.6 Å². The Kier molecular flexibility index (Phi) is 5.20. The summed E-state index contributed by atoms with van der Waals surface area (Å²) in [6.45, 7) is 0.529. The summed E-state index contributed by atoms with van der Waals surface area (Å²) in [6.07, 6.45) is 0. The number of rotatable bonds is 5. The summed E-state index contributed by atoms with van der Waals surface area (Å²) in [4.78, 5) is 19.5. The van der Waals surface area contributed by atoms with Gasteiger partial charge in [-0.3, -0.25) is 4.79 Å². The Labute approximate surface area is 148 Å². The molecule has 2 aromatic carbocycles. The van der Waals surface area contributed by atoms with Crippen LogP contribution in [0.5, 0.6) is 0 Å². The third kappa shape index (κ3) is 4.05. The van der Waals surface area contributed by atoms with Gasteiger partial charge in [-0.05, 0) is 24.3 Å². The second-order valence-electron chi connectivity index (χ2n) is 5.04. The summed E-state index contributed by atoms with van der Waals surface area (Å²) in [5.41, 5.74) is 0.985. The Morgan fingerprint density at radius 1 is 1.22 bits per heavy atom. The molecule has 0 spiro atoms.